The highest BCUT2D eigenvalue weighted by Crippen LogP contribution is 1.92. The van der Waals surface area contributed by atoms with Crippen molar-refractivity contribution in [1.29, 1.82) is 0 Å². The Morgan fingerprint density at radius 1 is 1.46 bits per heavy atom. The van der Waals surface area contributed by atoms with Crippen molar-refractivity contribution >= 4 is 11.9 Å². The van der Waals surface area contributed by atoms with Gasteiger partial charge in [0.1, 0.15) is 6.04 Å². The topological polar surface area (TPSA) is 81.4 Å². The third-order valence-electron chi connectivity index (χ3n) is 1.37. The molecule has 1 atom stereocenters. The molecule has 5 nitrogen and oxygen atoms in total. The Labute approximate surface area is 77.6 Å². The van der Waals surface area contributed by atoms with E-state index in [-0.39, 0.29) is 18.9 Å². The number of ether oxygens (including phenoxy) is 1. The third kappa shape index (κ3) is 5.19. The van der Waals surface area contributed by atoms with E-state index in [1.54, 1.807) is 13.8 Å². The van der Waals surface area contributed by atoms with E-state index in [2.05, 4.69) is 10.1 Å². The van der Waals surface area contributed by atoms with Crippen LogP contribution in [0.15, 0.2) is 0 Å². The summed E-state index contributed by atoms with van der Waals surface area (Å²) in [6.07, 6.45) is -0.0212. The van der Waals surface area contributed by atoms with Crippen LogP contribution >= 0.6 is 0 Å². The van der Waals surface area contributed by atoms with E-state index >= 15 is 0 Å². The Morgan fingerprint density at radius 3 is 2.54 bits per heavy atom. The molecule has 0 fully saturated rings. The molecule has 0 aliphatic rings. The fourth-order valence-electron chi connectivity index (χ4n) is 0.802. The molecule has 0 saturated carbocycles. The first kappa shape index (κ1) is 11.9. The van der Waals surface area contributed by atoms with Crippen LogP contribution in [0.2, 0.25) is 0 Å². The summed E-state index contributed by atoms with van der Waals surface area (Å²) in [5, 5.41) is 2.55. The number of nitrogens with two attached hydrogens (primary N) is 1. The Morgan fingerprint density at radius 2 is 2.08 bits per heavy atom. The minimum absolute atomic E-state index is 0.0212. The van der Waals surface area contributed by atoms with Crippen molar-refractivity contribution in [2.45, 2.75) is 26.3 Å². The van der Waals surface area contributed by atoms with Crippen LogP contribution in [0.25, 0.3) is 0 Å². The van der Waals surface area contributed by atoms with Crippen molar-refractivity contribution in [2.24, 2.45) is 5.73 Å². The van der Waals surface area contributed by atoms with E-state index in [4.69, 9.17) is 5.73 Å². The van der Waals surface area contributed by atoms with E-state index in [9.17, 15) is 9.59 Å². The molecule has 0 heterocycles. The van der Waals surface area contributed by atoms with E-state index < -0.39 is 12.0 Å². The maximum Gasteiger partial charge on any atom is 0.323 e. The van der Waals surface area contributed by atoms with Crippen LogP contribution in [-0.4, -0.2) is 31.1 Å². The monoisotopic (exact) mass is 188 g/mol. The zero-order chi connectivity index (χ0) is 10.3. The maximum absolute atomic E-state index is 11.0. The number of nitrogens with one attached hydrogen (secondary N) is 1. The smallest absolute Gasteiger partial charge is 0.323 e. The second kappa shape index (κ2) is 6.42. The highest BCUT2D eigenvalue weighted by atomic mass is 16.5. The molecule has 0 radical (unpaired) electrons. The van der Waals surface area contributed by atoms with Gasteiger partial charge in [0.2, 0.25) is 5.91 Å². The number of rotatable bonds is 5. The molecule has 1 unspecified atom stereocenters. The summed E-state index contributed by atoms with van der Waals surface area (Å²) >= 11 is 0. The van der Waals surface area contributed by atoms with Crippen molar-refractivity contribution in [2.75, 3.05) is 13.2 Å². The van der Waals surface area contributed by atoms with Gasteiger partial charge in [-0.15, -0.1) is 0 Å². The highest BCUT2D eigenvalue weighted by Gasteiger charge is 2.17. The Hall–Kier alpha value is -1.10. The molecule has 0 rings (SSSR count). The Balaban J connectivity index is 3.78. The summed E-state index contributed by atoms with van der Waals surface area (Å²) in [5.41, 5.74) is 5.40. The second-order valence-electron chi connectivity index (χ2n) is 2.52. The molecule has 0 aromatic rings. The highest BCUT2D eigenvalue weighted by molar-refractivity contribution is 5.84. The van der Waals surface area contributed by atoms with Gasteiger partial charge >= 0.3 is 5.97 Å². The lowest BCUT2D eigenvalue weighted by molar-refractivity contribution is -0.146. The van der Waals surface area contributed by atoms with Gasteiger partial charge in [-0.25, -0.2) is 0 Å². The Bertz CT molecular complexity index is 182. The van der Waals surface area contributed by atoms with Crippen LogP contribution in [0.4, 0.5) is 0 Å². The van der Waals surface area contributed by atoms with Crippen LogP contribution in [-0.2, 0) is 14.3 Å². The van der Waals surface area contributed by atoms with E-state index in [1.807, 2.05) is 0 Å². The first-order valence-electron chi connectivity index (χ1n) is 4.30. The number of hydrogen-bond acceptors (Lipinski definition) is 4. The van der Waals surface area contributed by atoms with Gasteiger partial charge in [-0.05, 0) is 13.8 Å². The quantitative estimate of drug-likeness (QED) is 0.565. The normalized spacial score (nSPS) is 11.9. The SMILES string of the molecule is CCNC(=O)CC(N)C(=O)OCC. The molecule has 76 valence electrons. The van der Waals surface area contributed by atoms with Crippen LogP contribution < -0.4 is 11.1 Å². The van der Waals surface area contributed by atoms with Crippen molar-refractivity contribution in [3.05, 3.63) is 0 Å². The zero-order valence-corrected chi connectivity index (χ0v) is 8.00. The molecule has 0 spiro atoms. The summed E-state index contributed by atoms with van der Waals surface area (Å²) < 4.78 is 4.64. The van der Waals surface area contributed by atoms with Gasteiger partial charge in [0, 0.05) is 6.54 Å². The zero-order valence-electron chi connectivity index (χ0n) is 8.00. The van der Waals surface area contributed by atoms with Gasteiger partial charge in [-0.2, -0.15) is 0 Å². The van der Waals surface area contributed by atoms with E-state index in [0.29, 0.717) is 6.54 Å². The number of carbonyl (C=O) groups excluding carboxylic acids is 2. The minimum atomic E-state index is -0.855. The average Bonchev–Trinajstić information content (AvgIpc) is 2.05. The molecule has 13 heavy (non-hydrogen) atoms. The predicted octanol–water partition coefficient (Wildman–Crippen LogP) is -0.597. The molecular weight excluding hydrogens is 172 g/mol. The van der Waals surface area contributed by atoms with Crippen molar-refractivity contribution in [3.63, 3.8) is 0 Å². The fourth-order valence-corrected chi connectivity index (χ4v) is 0.802. The number of esters is 1. The van der Waals surface area contributed by atoms with Gasteiger partial charge in [-0.1, -0.05) is 0 Å². The van der Waals surface area contributed by atoms with Crippen molar-refractivity contribution in [1.82, 2.24) is 5.32 Å². The van der Waals surface area contributed by atoms with Crippen LogP contribution in [0.3, 0.4) is 0 Å². The lowest BCUT2D eigenvalue weighted by Gasteiger charge is -2.09. The van der Waals surface area contributed by atoms with Crippen LogP contribution in [0.1, 0.15) is 20.3 Å². The molecule has 0 aliphatic heterocycles. The van der Waals surface area contributed by atoms with Gasteiger partial charge in [0.15, 0.2) is 0 Å². The lowest BCUT2D eigenvalue weighted by atomic mass is 10.2. The minimum Gasteiger partial charge on any atom is -0.465 e. The van der Waals surface area contributed by atoms with Gasteiger partial charge in [-0.3, -0.25) is 9.59 Å². The Kier molecular flexibility index (Phi) is 5.88. The van der Waals surface area contributed by atoms with Crippen LogP contribution in [0.5, 0.6) is 0 Å². The summed E-state index contributed by atoms with van der Waals surface area (Å²) in [6, 6.07) is -0.855. The largest absolute Gasteiger partial charge is 0.465 e. The molecular formula is C8H16N2O3. The lowest BCUT2D eigenvalue weighted by Crippen LogP contribution is -2.38. The predicted molar refractivity (Wildman–Crippen MR) is 47.9 cm³/mol. The molecule has 5 heteroatoms. The van der Waals surface area contributed by atoms with Crippen molar-refractivity contribution in [3.8, 4) is 0 Å². The number of amides is 1. The van der Waals surface area contributed by atoms with Gasteiger partial charge < -0.3 is 15.8 Å². The molecule has 0 aromatic heterocycles. The molecule has 3 N–H and O–H groups in total. The number of carbonyl (C=O) groups is 2. The fraction of sp³-hybridized carbons (Fsp3) is 0.750. The summed E-state index contributed by atoms with van der Waals surface area (Å²) in [5.74, 6) is -0.767. The summed E-state index contributed by atoms with van der Waals surface area (Å²) in [7, 11) is 0. The first-order chi connectivity index (χ1) is 6.11. The third-order valence-corrected chi connectivity index (χ3v) is 1.37. The number of hydrogen-bond donors (Lipinski definition) is 2. The van der Waals surface area contributed by atoms with Gasteiger partial charge in [0.25, 0.3) is 0 Å². The first-order valence-corrected chi connectivity index (χ1v) is 4.30. The van der Waals surface area contributed by atoms with E-state index in [0.717, 1.165) is 0 Å². The summed E-state index contributed by atoms with van der Waals surface area (Å²) in [6.45, 7) is 4.31. The summed E-state index contributed by atoms with van der Waals surface area (Å²) in [4.78, 5) is 21.9. The molecule has 0 aromatic carbocycles. The molecule has 0 bridgehead atoms. The van der Waals surface area contributed by atoms with Crippen molar-refractivity contribution < 1.29 is 14.3 Å². The second-order valence-corrected chi connectivity index (χ2v) is 2.52. The molecule has 0 aliphatic carbocycles. The van der Waals surface area contributed by atoms with Crippen LogP contribution in [0, 0.1) is 0 Å². The maximum atomic E-state index is 11.0. The average molecular weight is 188 g/mol. The standard InChI is InChI=1S/C8H16N2O3/c1-3-10-7(11)5-6(9)8(12)13-4-2/h6H,3-5,9H2,1-2H3,(H,10,11). The van der Waals surface area contributed by atoms with Gasteiger partial charge in [0.05, 0.1) is 13.0 Å². The van der Waals surface area contributed by atoms with E-state index in [1.165, 1.54) is 0 Å². The molecule has 0 saturated heterocycles. The molecule has 1 amide bonds.